The lowest BCUT2D eigenvalue weighted by atomic mass is 9.50. The molecule has 0 unspecified atom stereocenters. The molecule has 3 saturated carbocycles. The van der Waals surface area contributed by atoms with E-state index in [1.54, 1.807) is 0 Å². The van der Waals surface area contributed by atoms with Crippen LogP contribution < -0.4 is 0 Å². The normalized spacial score (nSPS) is 47.5. The van der Waals surface area contributed by atoms with E-state index in [4.69, 9.17) is 0 Å². The summed E-state index contributed by atoms with van der Waals surface area (Å²) < 4.78 is 0. The standard InChI is InChI=1S/C21H28O3/c1-12-10-19-18-6-4-14-11-15(23)5-7-16(14)17(18)8-9-20(19,3)21(12,24)13(2)22/h11,16-19,24H,1,4-10H2,2-3H3/t16-,17+,18+,19-,20-,21+/m0/s1. The highest BCUT2D eigenvalue weighted by Crippen LogP contribution is 2.66. The van der Waals surface area contributed by atoms with Gasteiger partial charge in [-0.05, 0) is 80.8 Å². The molecule has 4 aliphatic carbocycles. The molecule has 0 saturated heterocycles. The van der Waals surface area contributed by atoms with Crippen LogP contribution in [0.2, 0.25) is 0 Å². The highest BCUT2D eigenvalue weighted by molar-refractivity contribution is 5.91. The minimum Gasteiger partial charge on any atom is -0.377 e. The predicted molar refractivity (Wildman–Crippen MR) is 92.2 cm³/mol. The topological polar surface area (TPSA) is 54.4 Å². The van der Waals surface area contributed by atoms with Gasteiger partial charge in [-0.25, -0.2) is 0 Å². The van der Waals surface area contributed by atoms with Crippen molar-refractivity contribution in [2.45, 2.75) is 64.4 Å². The number of carbonyl (C=O) groups is 2. The van der Waals surface area contributed by atoms with Gasteiger partial charge in [-0.15, -0.1) is 0 Å². The Labute approximate surface area is 144 Å². The van der Waals surface area contributed by atoms with Crippen LogP contribution in [-0.4, -0.2) is 22.3 Å². The fourth-order valence-corrected chi connectivity index (χ4v) is 6.79. The molecule has 0 aromatic rings. The summed E-state index contributed by atoms with van der Waals surface area (Å²) in [5, 5.41) is 11.2. The monoisotopic (exact) mass is 328 g/mol. The van der Waals surface area contributed by atoms with Crippen LogP contribution in [0.5, 0.6) is 0 Å². The van der Waals surface area contributed by atoms with Gasteiger partial charge in [0, 0.05) is 11.8 Å². The third-order valence-electron chi connectivity index (χ3n) is 8.00. The molecular formula is C21H28O3. The molecule has 130 valence electrons. The second-order valence-corrected chi connectivity index (χ2v) is 8.83. The van der Waals surface area contributed by atoms with E-state index in [-0.39, 0.29) is 11.2 Å². The molecule has 3 nitrogen and oxygen atoms in total. The van der Waals surface area contributed by atoms with Crippen molar-refractivity contribution in [2.75, 3.05) is 0 Å². The molecule has 0 aliphatic heterocycles. The zero-order chi connectivity index (χ0) is 17.3. The lowest BCUT2D eigenvalue weighted by molar-refractivity contribution is -0.152. The Hall–Kier alpha value is -1.22. The summed E-state index contributed by atoms with van der Waals surface area (Å²) in [7, 11) is 0. The second kappa shape index (κ2) is 5.14. The Morgan fingerprint density at radius 1 is 1.25 bits per heavy atom. The molecule has 0 aromatic heterocycles. The zero-order valence-electron chi connectivity index (χ0n) is 14.8. The van der Waals surface area contributed by atoms with Crippen LogP contribution in [0.25, 0.3) is 0 Å². The van der Waals surface area contributed by atoms with Gasteiger partial charge in [0.1, 0.15) is 5.60 Å². The van der Waals surface area contributed by atoms with Gasteiger partial charge in [0.2, 0.25) is 0 Å². The van der Waals surface area contributed by atoms with Gasteiger partial charge < -0.3 is 5.11 Å². The van der Waals surface area contributed by atoms with Gasteiger partial charge in [-0.2, -0.15) is 0 Å². The first-order valence-electron chi connectivity index (χ1n) is 9.44. The summed E-state index contributed by atoms with van der Waals surface area (Å²) in [4.78, 5) is 24.1. The summed E-state index contributed by atoms with van der Waals surface area (Å²) in [6, 6.07) is 0. The minimum atomic E-state index is -1.35. The van der Waals surface area contributed by atoms with Gasteiger partial charge >= 0.3 is 0 Å². The molecule has 3 heteroatoms. The van der Waals surface area contributed by atoms with Crippen LogP contribution >= 0.6 is 0 Å². The molecule has 24 heavy (non-hydrogen) atoms. The van der Waals surface area contributed by atoms with Crippen molar-refractivity contribution in [2.24, 2.45) is 29.1 Å². The van der Waals surface area contributed by atoms with E-state index in [1.807, 2.05) is 6.08 Å². The fourth-order valence-electron chi connectivity index (χ4n) is 6.79. The summed E-state index contributed by atoms with van der Waals surface area (Å²) in [5.74, 6) is 2.20. The quantitative estimate of drug-likeness (QED) is 0.748. The van der Waals surface area contributed by atoms with Crippen LogP contribution in [0, 0.1) is 29.1 Å². The molecule has 0 heterocycles. The molecular weight excluding hydrogens is 300 g/mol. The highest BCUT2D eigenvalue weighted by Gasteiger charge is 2.65. The van der Waals surface area contributed by atoms with Crippen molar-refractivity contribution in [3.8, 4) is 0 Å². The van der Waals surface area contributed by atoms with Crippen LogP contribution in [0.3, 0.4) is 0 Å². The lowest BCUT2D eigenvalue weighted by Crippen LogP contribution is -2.56. The van der Waals surface area contributed by atoms with E-state index in [2.05, 4.69) is 13.5 Å². The second-order valence-electron chi connectivity index (χ2n) is 8.83. The smallest absolute Gasteiger partial charge is 0.166 e. The number of fused-ring (bicyclic) bond motifs is 5. The van der Waals surface area contributed by atoms with Gasteiger partial charge in [0.05, 0.1) is 0 Å². The molecule has 0 spiro atoms. The molecule has 0 aromatic carbocycles. The first-order chi connectivity index (χ1) is 11.3. The van der Waals surface area contributed by atoms with Crippen molar-refractivity contribution in [1.29, 1.82) is 0 Å². The van der Waals surface area contributed by atoms with E-state index in [0.717, 1.165) is 44.1 Å². The van der Waals surface area contributed by atoms with Crippen molar-refractivity contribution < 1.29 is 14.7 Å². The minimum absolute atomic E-state index is 0.143. The van der Waals surface area contributed by atoms with Crippen LogP contribution in [-0.2, 0) is 9.59 Å². The van der Waals surface area contributed by atoms with Crippen molar-refractivity contribution in [1.82, 2.24) is 0 Å². The Bertz CT molecular complexity index is 660. The largest absolute Gasteiger partial charge is 0.377 e. The first kappa shape index (κ1) is 16.3. The summed E-state index contributed by atoms with van der Waals surface area (Å²) in [6.07, 6.45) is 8.39. The van der Waals surface area contributed by atoms with E-state index in [9.17, 15) is 14.7 Å². The molecule has 0 amide bonds. The van der Waals surface area contributed by atoms with Crippen LogP contribution in [0.4, 0.5) is 0 Å². The van der Waals surface area contributed by atoms with E-state index in [1.165, 1.54) is 12.5 Å². The Morgan fingerprint density at radius 2 is 2.00 bits per heavy atom. The molecule has 6 atom stereocenters. The number of ketones is 2. The Balaban J connectivity index is 1.69. The summed E-state index contributed by atoms with van der Waals surface area (Å²) in [5.41, 5.74) is 0.377. The number of Topliss-reactive ketones (excluding diaryl/α,β-unsaturated/α-hetero) is 1. The summed E-state index contributed by atoms with van der Waals surface area (Å²) >= 11 is 0. The van der Waals surface area contributed by atoms with E-state index in [0.29, 0.717) is 35.9 Å². The van der Waals surface area contributed by atoms with Crippen LogP contribution in [0.15, 0.2) is 23.8 Å². The first-order valence-corrected chi connectivity index (χ1v) is 9.44. The Morgan fingerprint density at radius 3 is 2.71 bits per heavy atom. The van der Waals surface area contributed by atoms with Gasteiger partial charge in [-0.3, -0.25) is 9.59 Å². The molecule has 0 radical (unpaired) electrons. The Kier molecular flexibility index (Phi) is 3.48. The highest BCUT2D eigenvalue weighted by atomic mass is 16.3. The number of hydrogen-bond donors (Lipinski definition) is 1. The van der Waals surface area contributed by atoms with Gasteiger partial charge in [0.25, 0.3) is 0 Å². The van der Waals surface area contributed by atoms with Crippen molar-refractivity contribution in [3.63, 3.8) is 0 Å². The average Bonchev–Trinajstić information content (AvgIpc) is 2.75. The third-order valence-corrected chi connectivity index (χ3v) is 8.00. The van der Waals surface area contributed by atoms with Gasteiger partial charge in [-0.1, -0.05) is 19.1 Å². The molecule has 4 aliphatic rings. The lowest BCUT2D eigenvalue weighted by Gasteiger charge is -2.55. The van der Waals surface area contributed by atoms with Crippen LogP contribution in [0.1, 0.15) is 58.8 Å². The zero-order valence-corrected chi connectivity index (χ0v) is 14.8. The molecule has 4 rings (SSSR count). The number of allylic oxidation sites excluding steroid dienone is 1. The number of aliphatic hydroxyl groups is 1. The van der Waals surface area contributed by atoms with Crippen molar-refractivity contribution in [3.05, 3.63) is 23.8 Å². The molecule has 0 bridgehead atoms. The number of rotatable bonds is 1. The fraction of sp³-hybridized carbons (Fsp3) is 0.714. The third kappa shape index (κ3) is 1.88. The maximum atomic E-state index is 12.3. The average molecular weight is 328 g/mol. The van der Waals surface area contributed by atoms with Crippen molar-refractivity contribution >= 4 is 11.6 Å². The number of hydrogen-bond acceptors (Lipinski definition) is 3. The van der Waals surface area contributed by atoms with Gasteiger partial charge in [0.15, 0.2) is 11.6 Å². The maximum Gasteiger partial charge on any atom is 0.166 e. The SMILES string of the molecule is C=C1C[C@H]2[C@@H]3CCC4=CC(=O)CC[C@@H]4[C@H]3CC[C@]2(C)[C@]1(O)C(C)=O. The molecule has 1 N–H and O–H groups in total. The predicted octanol–water partition coefficient (Wildman–Crippen LogP) is 3.61. The number of carbonyl (C=O) groups excluding carboxylic acids is 2. The maximum absolute atomic E-state index is 12.3. The summed E-state index contributed by atoms with van der Waals surface area (Å²) in [6.45, 7) is 7.73. The molecule has 3 fully saturated rings. The van der Waals surface area contributed by atoms with E-state index < -0.39 is 5.60 Å². The van der Waals surface area contributed by atoms with E-state index >= 15 is 0 Å².